The summed E-state index contributed by atoms with van der Waals surface area (Å²) in [5.74, 6) is 0.759. The van der Waals surface area contributed by atoms with Crippen LogP contribution in [-0.2, 0) is 6.54 Å². The minimum atomic E-state index is -0.764. The molecule has 90 valence electrons. The number of hydrogen-bond acceptors (Lipinski definition) is 5. The predicted octanol–water partition coefficient (Wildman–Crippen LogP) is 0.533. The lowest BCUT2D eigenvalue weighted by atomic mass is 10.1. The Hall–Kier alpha value is -1.20. The van der Waals surface area contributed by atoms with Crippen LogP contribution in [-0.4, -0.2) is 34.0 Å². The number of likely N-dealkylation sites (N-methyl/N-ethyl adjacent to an activating group) is 1. The van der Waals surface area contributed by atoms with Crippen molar-refractivity contribution in [1.29, 1.82) is 0 Å². The summed E-state index contributed by atoms with van der Waals surface area (Å²) in [6, 6.07) is 1.86. The van der Waals surface area contributed by atoms with Crippen LogP contribution in [0.5, 0.6) is 0 Å². The maximum Gasteiger partial charge on any atom is 0.155 e. The molecule has 0 saturated heterocycles. The van der Waals surface area contributed by atoms with Crippen molar-refractivity contribution in [2.24, 2.45) is 5.73 Å². The van der Waals surface area contributed by atoms with Crippen LogP contribution in [0.15, 0.2) is 12.3 Å². The first-order valence-electron chi connectivity index (χ1n) is 5.46. The third-order valence-corrected chi connectivity index (χ3v) is 2.26. The topological polar surface area (TPSA) is 75.3 Å². The Morgan fingerprint density at radius 1 is 1.50 bits per heavy atom. The molecule has 0 aromatic carbocycles. The molecule has 0 spiro atoms. The normalized spacial score (nSPS) is 11.6. The van der Waals surface area contributed by atoms with Crippen molar-refractivity contribution < 1.29 is 5.11 Å². The third kappa shape index (κ3) is 3.43. The molecule has 0 aliphatic carbocycles. The number of nitrogens with zero attached hydrogens (tertiary/aromatic N) is 3. The van der Waals surface area contributed by atoms with Gasteiger partial charge in [-0.15, -0.1) is 5.10 Å². The monoisotopic (exact) mass is 224 g/mol. The quantitative estimate of drug-likeness (QED) is 0.763. The SMILES string of the molecule is CCN(CC(C)(C)O)c1nnccc1CN. The molecule has 0 amide bonds. The van der Waals surface area contributed by atoms with E-state index in [1.165, 1.54) is 0 Å². The second-order valence-corrected chi connectivity index (χ2v) is 4.41. The van der Waals surface area contributed by atoms with E-state index in [2.05, 4.69) is 10.2 Å². The molecule has 5 heteroatoms. The molecule has 1 heterocycles. The van der Waals surface area contributed by atoms with Crippen LogP contribution in [0.1, 0.15) is 26.3 Å². The molecule has 0 fully saturated rings. The lowest BCUT2D eigenvalue weighted by molar-refractivity contribution is 0.0873. The fraction of sp³-hybridized carbons (Fsp3) is 0.636. The van der Waals surface area contributed by atoms with Gasteiger partial charge in [0.2, 0.25) is 0 Å². The van der Waals surface area contributed by atoms with Gasteiger partial charge in [0, 0.05) is 25.2 Å². The summed E-state index contributed by atoms with van der Waals surface area (Å²) < 4.78 is 0. The average Bonchev–Trinajstić information content (AvgIpc) is 2.24. The molecule has 0 atom stereocenters. The van der Waals surface area contributed by atoms with Crippen molar-refractivity contribution in [1.82, 2.24) is 10.2 Å². The van der Waals surface area contributed by atoms with Gasteiger partial charge in [-0.2, -0.15) is 5.10 Å². The van der Waals surface area contributed by atoms with E-state index in [0.29, 0.717) is 13.1 Å². The molecule has 0 aliphatic rings. The van der Waals surface area contributed by atoms with Gasteiger partial charge < -0.3 is 15.7 Å². The minimum Gasteiger partial charge on any atom is -0.389 e. The van der Waals surface area contributed by atoms with Gasteiger partial charge in [-0.3, -0.25) is 0 Å². The van der Waals surface area contributed by atoms with E-state index in [4.69, 9.17) is 5.73 Å². The summed E-state index contributed by atoms with van der Waals surface area (Å²) in [6.45, 7) is 7.25. The first-order valence-corrected chi connectivity index (χ1v) is 5.46. The standard InChI is InChI=1S/C11H20N4O/c1-4-15(8-11(2,3)16)10-9(7-12)5-6-13-14-10/h5-6,16H,4,7-8,12H2,1-3H3. The molecule has 0 aliphatic heterocycles. The van der Waals surface area contributed by atoms with E-state index in [-0.39, 0.29) is 0 Å². The van der Waals surface area contributed by atoms with Crippen LogP contribution in [0.2, 0.25) is 0 Å². The first-order chi connectivity index (χ1) is 7.48. The van der Waals surface area contributed by atoms with Gasteiger partial charge in [0.05, 0.1) is 11.8 Å². The summed E-state index contributed by atoms with van der Waals surface area (Å²) in [4.78, 5) is 1.98. The molecule has 16 heavy (non-hydrogen) atoms. The highest BCUT2D eigenvalue weighted by molar-refractivity contribution is 5.45. The highest BCUT2D eigenvalue weighted by atomic mass is 16.3. The van der Waals surface area contributed by atoms with E-state index < -0.39 is 5.60 Å². The molecule has 1 aromatic rings. The molecule has 0 saturated carbocycles. The van der Waals surface area contributed by atoms with E-state index in [0.717, 1.165) is 17.9 Å². The van der Waals surface area contributed by atoms with Gasteiger partial charge in [-0.25, -0.2) is 0 Å². The zero-order chi connectivity index (χ0) is 12.2. The Bertz CT molecular complexity index is 335. The molecule has 0 radical (unpaired) electrons. The van der Waals surface area contributed by atoms with E-state index in [1.54, 1.807) is 20.0 Å². The van der Waals surface area contributed by atoms with Gasteiger partial charge in [0.1, 0.15) is 0 Å². The van der Waals surface area contributed by atoms with Crippen molar-refractivity contribution in [3.63, 3.8) is 0 Å². The van der Waals surface area contributed by atoms with Crippen LogP contribution in [0.3, 0.4) is 0 Å². The van der Waals surface area contributed by atoms with Crippen LogP contribution in [0, 0.1) is 0 Å². The van der Waals surface area contributed by atoms with Crippen molar-refractivity contribution in [3.05, 3.63) is 17.8 Å². The molecule has 0 bridgehead atoms. The summed E-state index contributed by atoms with van der Waals surface area (Å²) in [5, 5.41) is 17.8. The lowest BCUT2D eigenvalue weighted by Gasteiger charge is -2.29. The smallest absolute Gasteiger partial charge is 0.155 e. The van der Waals surface area contributed by atoms with Crippen LogP contribution in [0.25, 0.3) is 0 Å². The second kappa shape index (κ2) is 5.23. The maximum atomic E-state index is 9.82. The summed E-state index contributed by atoms with van der Waals surface area (Å²) in [5.41, 5.74) is 5.83. The molecule has 1 rings (SSSR count). The number of aliphatic hydroxyl groups is 1. The Balaban J connectivity index is 2.94. The first kappa shape index (κ1) is 12.9. The number of anilines is 1. The Labute approximate surface area is 96.3 Å². The lowest BCUT2D eigenvalue weighted by Crippen LogP contribution is -2.39. The largest absolute Gasteiger partial charge is 0.389 e. The van der Waals surface area contributed by atoms with Gasteiger partial charge in [0.15, 0.2) is 5.82 Å². The van der Waals surface area contributed by atoms with Crippen LogP contribution >= 0.6 is 0 Å². The van der Waals surface area contributed by atoms with E-state index in [1.807, 2.05) is 17.9 Å². The minimum absolute atomic E-state index is 0.424. The maximum absolute atomic E-state index is 9.82. The average molecular weight is 224 g/mol. The van der Waals surface area contributed by atoms with Crippen molar-refractivity contribution in [2.75, 3.05) is 18.0 Å². The highest BCUT2D eigenvalue weighted by Crippen LogP contribution is 2.17. The zero-order valence-electron chi connectivity index (χ0n) is 10.1. The predicted molar refractivity (Wildman–Crippen MR) is 64.1 cm³/mol. The Morgan fingerprint density at radius 2 is 2.19 bits per heavy atom. The van der Waals surface area contributed by atoms with Crippen molar-refractivity contribution in [2.45, 2.75) is 32.9 Å². The second-order valence-electron chi connectivity index (χ2n) is 4.41. The van der Waals surface area contributed by atoms with Crippen molar-refractivity contribution in [3.8, 4) is 0 Å². The molecule has 5 nitrogen and oxygen atoms in total. The summed E-state index contributed by atoms with van der Waals surface area (Å²) in [7, 11) is 0. The summed E-state index contributed by atoms with van der Waals surface area (Å²) in [6.07, 6.45) is 1.63. The zero-order valence-corrected chi connectivity index (χ0v) is 10.1. The Kier molecular flexibility index (Phi) is 4.20. The van der Waals surface area contributed by atoms with Gasteiger partial charge in [-0.05, 0) is 26.8 Å². The van der Waals surface area contributed by atoms with Gasteiger partial charge in [0.25, 0.3) is 0 Å². The highest BCUT2D eigenvalue weighted by Gasteiger charge is 2.20. The van der Waals surface area contributed by atoms with Gasteiger partial charge >= 0.3 is 0 Å². The van der Waals surface area contributed by atoms with Crippen molar-refractivity contribution >= 4 is 5.82 Å². The molecular weight excluding hydrogens is 204 g/mol. The Morgan fingerprint density at radius 3 is 2.69 bits per heavy atom. The number of rotatable bonds is 5. The van der Waals surface area contributed by atoms with Gasteiger partial charge in [-0.1, -0.05) is 0 Å². The summed E-state index contributed by atoms with van der Waals surface area (Å²) >= 11 is 0. The molecular formula is C11H20N4O. The fourth-order valence-electron chi connectivity index (χ4n) is 1.58. The fourth-order valence-corrected chi connectivity index (χ4v) is 1.58. The number of aromatic nitrogens is 2. The van der Waals surface area contributed by atoms with E-state index in [9.17, 15) is 5.11 Å². The van der Waals surface area contributed by atoms with Crippen LogP contribution < -0.4 is 10.6 Å². The van der Waals surface area contributed by atoms with E-state index >= 15 is 0 Å². The van der Waals surface area contributed by atoms with Crippen LogP contribution in [0.4, 0.5) is 5.82 Å². The third-order valence-electron chi connectivity index (χ3n) is 2.26. The molecule has 0 unspecified atom stereocenters. The molecule has 1 aromatic heterocycles. The molecule has 3 N–H and O–H groups in total. The number of nitrogens with two attached hydrogens (primary N) is 1. The number of hydrogen-bond donors (Lipinski definition) is 2.